The molecule has 0 saturated carbocycles. The zero-order valence-corrected chi connectivity index (χ0v) is 35.8. The fourth-order valence-electron chi connectivity index (χ4n) is 8.08. The Kier molecular flexibility index (Phi) is 14.3. The van der Waals surface area contributed by atoms with Gasteiger partial charge in [-0.15, -0.1) is 0 Å². The summed E-state index contributed by atoms with van der Waals surface area (Å²) >= 11 is 0. The van der Waals surface area contributed by atoms with E-state index < -0.39 is 42.2 Å². The number of nitrogens with one attached hydrogen (secondary N) is 4. The second kappa shape index (κ2) is 19.8. The highest BCUT2D eigenvalue weighted by atomic mass is 19.1. The molecule has 3 aromatic carbocycles. The number of ether oxygens (including phenoxy) is 2. The summed E-state index contributed by atoms with van der Waals surface area (Å²) < 4.78 is 25.7. The lowest BCUT2D eigenvalue weighted by Crippen LogP contribution is -2.54. The van der Waals surface area contributed by atoms with E-state index in [0.717, 1.165) is 22.5 Å². The van der Waals surface area contributed by atoms with Gasteiger partial charge in [0.25, 0.3) is 0 Å². The first kappa shape index (κ1) is 44.8. The largest absolute Gasteiger partial charge is 0.453 e. The normalized spacial score (nSPS) is 17.0. The highest BCUT2D eigenvalue weighted by Gasteiger charge is 2.40. The molecule has 62 heavy (non-hydrogen) atoms. The summed E-state index contributed by atoms with van der Waals surface area (Å²) in [5.41, 5.74) is 4.57. The van der Waals surface area contributed by atoms with E-state index in [9.17, 15) is 33.2 Å². The summed E-state index contributed by atoms with van der Waals surface area (Å²) in [6.45, 7) is 7.98. The number of anilines is 2. The van der Waals surface area contributed by atoms with Crippen LogP contribution >= 0.6 is 0 Å². The van der Waals surface area contributed by atoms with E-state index >= 15 is 0 Å². The molecule has 16 heteroatoms. The minimum absolute atomic E-state index is 0.243. The fourth-order valence-corrected chi connectivity index (χ4v) is 8.08. The second-order valence-corrected chi connectivity index (χ2v) is 16.2. The number of hydrogen-bond acceptors (Lipinski definition) is 8. The molecule has 0 aliphatic carbocycles. The van der Waals surface area contributed by atoms with Crippen molar-refractivity contribution in [2.75, 3.05) is 37.9 Å². The standard InChI is InChI=1S/C46H54FN7O8/c1-27(2)39(50-45(59)61-5)43(57)52-23-9-15-37(52)41(55)48-32-13-7-11-29(25-32)35-21-22-36(54(35)34-19-17-31(47)18-20-34)30-12-8-14-33(26-30)49-42(56)38-16-10-24-53(38)44(58)40(28(3)4)51-46(60)62-6/h7-8,11-14,17-22,25-28,37-40H,9-10,15-16,23-24H2,1-6H3,(H,48,55)(H,49,56)(H,50,59)(H,51,60). The molecule has 15 nitrogen and oxygen atoms in total. The number of alkyl carbamates (subject to hydrolysis) is 2. The van der Waals surface area contributed by atoms with Gasteiger partial charge in [-0.3, -0.25) is 19.2 Å². The van der Waals surface area contributed by atoms with Crippen LogP contribution in [-0.2, 0) is 28.7 Å². The zero-order chi connectivity index (χ0) is 44.7. The molecule has 2 saturated heterocycles. The summed E-state index contributed by atoms with van der Waals surface area (Å²) in [7, 11) is 2.45. The smallest absolute Gasteiger partial charge is 0.407 e. The van der Waals surface area contributed by atoms with Crippen molar-refractivity contribution in [3.8, 4) is 28.2 Å². The first-order chi connectivity index (χ1) is 29.7. The van der Waals surface area contributed by atoms with Gasteiger partial charge in [-0.25, -0.2) is 14.0 Å². The number of benzene rings is 3. The third-order valence-corrected chi connectivity index (χ3v) is 11.3. The average Bonchev–Trinajstić information content (AvgIpc) is 4.05. The van der Waals surface area contributed by atoms with Gasteiger partial charge in [0.15, 0.2) is 0 Å². The van der Waals surface area contributed by atoms with Gasteiger partial charge < -0.3 is 45.1 Å². The van der Waals surface area contributed by atoms with E-state index in [1.54, 1.807) is 36.4 Å². The maximum Gasteiger partial charge on any atom is 0.407 e. The van der Waals surface area contributed by atoms with Crippen LogP contribution < -0.4 is 21.3 Å². The van der Waals surface area contributed by atoms with Crippen LogP contribution in [-0.4, -0.2) is 102 Å². The number of methoxy groups -OCH3 is 2. The van der Waals surface area contributed by atoms with Crippen LogP contribution in [0.3, 0.4) is 0 Å². The molecule has 4 unspecified atom stereocenters. The molecule has 6 amide bonds. The number of likely N-dealkylation sites (tertiary alicyclic amines) is 2. The summed E-state index contributed by atoms with van der Waals surface area (Å²) in [6.07, 6.45) is 0.715. The Balaban J connectivity index is 1.24. The fraction of sp³-hybridized carbons (Fsp3) is 0.391. The third-order valence-electron chi connectivity index (χ3n) is 11.3. The number of carbonyl (C=O) groups is 6. The predicted molar refractivity (Wildman–Crippen MR) is 232 cm³/mol. The number of amides is 6. The van der Waals surface area contributed by atoms with Gasteiger partial charge in [-0.2, -0.15) is 0 Å². The molecule has 2 fully saturated rings. The lowest BCUT2D eigenvalue weighted by atomic mass is 10.0. The SMILES string of the molecule is COC(=O)NC(C(=O)N1CCCC1C(=O)Nc1cccc(-c2ccc(-c3cccc(NC(=O)C4CCCN4C(=O)C(NC(=O)OC)C(C)C)c3)n2-c2ccc(F)cc2)c1)C(C)C. The molecule has 2 aliphatic rings. The Morgan fingerprint density at radius 2 is 1.03 bits per heavy atom. The van der Waals surface area contributed by atoms with Gasteiger partial charge in [0.1, 0.15) is 30.0 Å². The Bertz CT molecular complexity index is 2160. The first-order valence-electron chi connectivity index (χ1n) is 20.8. The maximum absolute atomic E-state index is 14.3. The van der Waals surface area contributed by atoms with Gasteiger partial charge in [-0.1, -0.05) is 52.0 Å². The molecule has 328 valence electrons. The quantitative estimate of drug-likeness (QED) is 0.117. The summed E-state index contributed by atoms with van der Waals surface area (Å²) in [5, 5.41) is 11.2. The highest BCUT2D eigenvalue weighted by Crippen LogP contribution is 2.35. The van der Waals surface area contributed by atoms with E-state index in [2.05, 4.69) is 21.3 Å². The summed E-state index contributed by atoms with van der Waals surface area (Å²) in [5.74, 6) is -2.31. The zero-order valence-electron chi connectivity index (χ0n) is 35.8. The van der Waals surface area contributed by atoms with Crippen LogP contribution in [0.4, 0.5) is 25.4 Å². The minimum atomic E-state index is -0.862. The third kappa shape index (κ3) is 10.1. The van der Waals surface area contributed by atoms with Gasteiger partial charge in [-0.05, 0) is 98.2 Å². The first-order valence-corrected chi connectivity index (χ1v) is 20.8. The van der Waals surface area contributed by atoms with Crippen molar-refractivity contribution in [1.82, 2.24) is 25.0 Å². The number of carbonyl (C=O) groups excluding carboxylic acids is 6. The van der Waals surface area contributed by atoms with Gasteiger partial charge >= 0.3 is 12.2 Å². The Morgan fingerprint density at radius 1 is 0.613 bits per heavy atom. The minimum Gasteiger partial charge on any atom is -0.453 e. The van der Waals surface area contributed by atoms with Crippen LogP contribution in [0.15, 0.2) is 84.9 Å². The molecule has 3 heterocycles. The molecule has 0 spiro atoms. The molecule has 6 rings (SSSR count). The van der Waals surface area contributed by atoms with Gasteiger partial charge in [0.2, 0.25) is 23.6 Å². The van der Waals surface area contributed by atoms with Crippen LogP contribution in [0.1, 0.15) is 53.4 Å². The van der Waals surface area contributed by atoms with Crippen molar-refractivity contribution in [2.24, 2.45) is 11.8 Å². The molecular weight excluding hydrogens is 798 g/mol. The molecular formula is C46H54FN7O8. The molecule has 4 N–H and O–H groups in total. The summed E-state index contributed by atoms with van der Waals surface area (Å²) in [4.78, 5) is 81.8. The lowest BCUT2D eigenvalue weighted by Gasteiger charge is -2.30. The number of halogens is 1. The van der Waals surface area contributed by atoms with E-state index in [4.69, 9.17) is 9.47 Å². The Hall–Kier alpha value is -6.71. The number of hydrogen-bond donors (Lipinski definition) is 4. The van der Waals surface area contributed by atoms with Crippen LogP contribution in [0.5, 0.6) is 0 Å². The van der Waals surface area contributed by atoms with Crippen LogP contribution in [0.25, 0.3) is 28.2 Å². The van der Waals surface area contributed by atoms with Gasteiger partial charge in [0.05, 0.1) is 25.6 Å². The van der Waals surface area contributed by atoms with E-state index in [-0.39, 0.29) is 35.5 Å². The topological polar surface area (TPSA) is 180 Å². The highest BCUT2D eigenvalue weighted by molar-refractivity contribution is 6.00. The molecule has 1 aromatic heterocycles. The van der Waals surface area contributed by atoms with Gasteiger partial charge in [0, 0.05) is 41.3 Å². The summed E-state index contributed by atoms with van der Waals surface area (Å²) in [6, 6.07) is 21.2. The van der Waals surface area contributed by atoms with E-state index in [1.807, 2.05) is 68.7 Å². The van der Waals surface area contributed by atoms with E-state index in [0.29, 0.717) is 55.8 Å². The molecule has 2 aliphatic heterocycles. The Labute approximate surface area is 360 Å². The molecule has 0 bridgehead atoms. The van der Waals surface area contributed by atoms with Crippen LogP contribution in [0.2, 0.25) is 0 Å². The monoisotopic (exact) mass is 851 g/mol. The maximum atomic E-state index is 14.3. The van der Waals surface area contributed by atoms with Crippen molar-refractivity contribution < 1.29 is 42.6 Å². The predicted octanol–water partition coefficient (Wildman–Crippen LogP) is 6.57. The van der Waals surface area contributed by atoms with Crippen molar-refractivity contribution in [2.45, 2.75) is 77.5 Å². The molecule has 4 atom stereocenters. The van der Waals surface area contributed by atoms with E-state index in [1.165, 1.54) is 36.2 Å². The van der Waals surface area contributed by atoms with Crippen molar-refractivity contribution in [3.63, 3.8) is 0 Å². The average molecular weight is 852 g/mol. The second-order valence-electron chi connectivity index (χ2n) is 16.2. The van der Waals surface area contributed by atoms with Crippen molar-refractivity contribution in [3.05, 3.63) is 90.7 Å². The number of rotatable bonds is 13. The molecule has 4 aromatic rings. The van der Waals surface area contributed by atoms with Crippen LogP contribution in [0, 0.1) is 17.7 Å². The number of aromatic nitrogens is 1. The van der Waals surface area contributed by atoms with Crippen molar-refractivity contribution >= 4 is 47.2 Å². The Morgan fingerprint density at radius 3 is 1.42 bits per heavy atom. The number of nitrogens with zero attached hydrogens (tertiary/aromatic N) is 3. The molecule has 0 radical (unpaired) electrons. The lowest BCUT2D eigenvalue weighted by molar-refractivity contribution is -0.139. The van der Waals surface area contributed by atoms with Crippen molar-refractivity contribution in [1.29, 1.82) is 0 Å².